The second-order valence-electron chi connectivity index (χ2n) is 5.48. The molecule has 128 valence electrons. The van der Waals surface area contributed by atoms with Crippen LogP contribution in [0.15, 0.2) is 59.3 Å². The first-order valence-electron chi connectivity index (χ1n) is 7.87. The third kappa shape index (κ3) is 3.10. The van der Waals surface area contributed by atoms with Crippen molar-refractivity contribution in [1.29, 1.82) is 0 Å². The molecule has 0 fully saturated rings. The van der Waals surface area contributed by atoms with Gasteiger partial charge < -0.3 is 10.1 Å². The Hall–Kier alpha value is -2.79. The van der Waals surface area contributed by atoms with E-state index < -0.39 is 11.8 Å². The number of carbonyl (C=O) groups is 2. The number of halogens is 1. The van der Waals surface area contributed by atoms with Crippen LogP contribution in [-0.2, 0) is 9.59 Å². The van der Waals surface area contributed by atoms with Crippen LogP contribution in [0, 0.1) is 6.92 Å². The lowest BCUT2D eigenvalue weighted by Gasteiger charge is -2.18. The fourth-order valence-electron chi connectivity index (χ4n) is 2.60. The van der Waals surface area contributed by atoms with Crippen molar-refractivity contribution >= 4 is 34.8 Å². The van der Waals surface area contributed by atoms with Crippen LogP contribution in [0.5, 0.6) is 5.75 Å². The van der Waals surface area contributed by atoms with Crippen molar-refractivity contribution < 1.29 is 14.3 Å². The van der Waals surface area contributed by atoms with Gasteiger partial charge in [-0.1, -0.05) is 41.9 Å². The minimum absolute atomic E-state index is 0.0623. The van der Waals surface area contributed by atoms with Crippen molar-refractivity contribution in [3.8, 4) is 5.75 Å². The maximum Gasteiger partial charge on any atom is 0.283 e. The quantitative estimate of drug-likeness (QED) is 0.827. The van der Waals surface area contributed by atoms with Gasteiger partial charge in [0.15, 0.2) is 0 Å². The van der Waals surface area contributed by atoms with Crippen molar-refractivity contribution in [3.63, 3.8) is 0 Å². The predicted octanol–water partition coefficient (Wildman–Crippen LogP) is 3.83. The molecule has 1 aliphatic heterocycles. The lowest BCUT2D eigenvalue weighted by Crippen LogP contribution is -2.32. The van der Waals surface area contributed by atoms with Crippen LogP contribution >= 0.6 is 11.6 Å². The zero-order chi connectivity index (χ0) is 18.0. The average molecular weight is 357 g/mol. The van der Waals surface area contributed by atoms with Gasteiger partial charge in [-0.05, 0) is 37.6 Å². The number of carbonyl (C=O) groups excluding carboxylic acids is 2. The molecule has 0 aromatic heterocycles. The summed E-state index contributed by atoms with van der Waals surface area (Å²) in [7, 11) is 0. The number of benzene rings is 2. The molecule has 0 saturated carbocycles. The van der Waals surface area contributed by atoms with Gasteiger partial charge >= 0.3 is 0 Å². The third-order valence-corrected chi connectivity index (χ3v) is 4.19. The minimum atomic E-state index is -0.574. The summed E-state index contributed by atoms with van der Waals surface area (Å²) in [6.07, 6.45) is 0. The molecule has 1 aliphatic rings. The van der Waals surface area contributed by atoms with Crippen LogP contribution in [0.25, 0.3) is 0 Å². The normalized spacial score (nSPS) is 14.3. The number of amides is 2. The molecular formula is C19H17ClN2O3. The van der Waals surface area contributed by atoms with Crippen molar-refractivity contribution in [2.75, 3.05) is 16.8 Å². The fraction of sp³-hybridized carbons (Fsp3) is 0.158. The van der Waals surface area contributed by atoms with E-state index in [0.29, 0.717) is 18.0 Å². The Kier molecular flexibility index (Phi) is 4.76. The molecule has 25 heavy (non-hydrogen) atoms. The molecule has 0 radical (unpaired) electrons. The van der Waals surface area contributed by atoms with E-state index in [1.54, 1.807) is 24.3 Å². The SMILES string of the molecule is CCOc1ccccc1N1C(=O)C(Cl)=C(Nc2ccccc2C)C1=O. The van der Waals surface area contributed by atoms with Gasteiger partial charge in [0.2, 0.25) is 0 Å². The Morgan fingerprint density at radius 2 is 1.72 bits per heavy atom. The Balaban J connectivity index is 1.96. The fourth-order valence-corrected chi connectivity index (χ4v) is 2.81. The number of hydrogen-bond acceptors (Lipinski definition) is 4. The van der Waals surface area contributed by atoms with E-state index in [0.717, 1.165) is 16.2 Å². The van der Waals surface area contributed by atoms with Gasteiger partial charge in [-0.25, -0.2) is 4.90 Å². The highest BCUT2D eigenvalue weighted by Gasteiger charge is 2.40. The van der Waals surface area contributed by atoms with Gasteiger partial charge in [0.1, 0.15) is 16.5 Å². The molecule has 6 heteroatoms. The molecule has 0 aliphatic carbocycles. The Morgan fingerprint density at radius 1 is 1.04 bits per heavy atom. The number of ether oxygens (including phenoxy) is 1. The summed E-state index contributed by atoms with van der Waals surface area (Å²) in [6, 6.07) is 14.3. The van der Waals surface area contributed by atoms with Crippen molar-refractivity contribution in [2.24, 2.45) is 0 Å². The number of rotatable bonds is 5. The predicted molar refractivity (Wildman–Crippen MR) is 97.8 cm³/mol. The molecule has 0 bridgehead atoms. The molecule has 1 N–H and O–H groups in total. The first-order valence-corrected chi connectivity index (χ1v) is 8.25. The summed E-state index contributed by atoms with van der Waals surface area (Å²) in [6.45, 7) is 4.16. The molecule has 1 heterocycles. The molecule has 3 rings (SSSR count). The number of anilines is 2. The first-order chi connectivity index (χ1) is 12.0. The largest absolute Gasteiger partial charge is 0.492 e. The molecule has 0 unspecified atom stereocenters. The topological polar surface area (TPSA) is 58.6 Å². The monoisotopic (exact) mass is 356 g/mol. The van der Waals surface area contributed by atoms with Crippen LogP contribution in [0.2, 0.25) is 0 Å². The van der Waals surface area contributed by atoms with Gasteiger partial charge in [0.25, 0.3) is 11.8 Å². The zero-order valence-corrected chi connectivity index (χ0v) is 14.6. The van der Waals surface area contributed by atoms with Gasteiger partial charge in [0.05, 0.1) is 12.3 Å². The van der Waals surface area contributed by atoms with Crippen LogP contribution in [0.3, 0.4) is 0 Å². The summed E-state index contributed by atoms with van der Waals surface area (Å²) < 4.78 is 5.53. The van der Waals surface area contributed by atoms with Crippen molar-refractivity contribution in [1.82, 2.24) is 0 Å². The van der Waals surface area contributed by atoms with E-state index in [9.17, 15) is 9.59 Å². The van der Waals surface area contributed by atoms with Gasteiger partial charge in [-0.3, -0.25) is 9.59 Å². The summed E-state index contributed by atoms with van der Waals surface area (Å²) >= 11 is 6.16. The highest BCUT2D eigenvalue weighted by atomic mass is 35.5. The summed E-state index contributed by atoms with van der Waals surface area (Å²) in [4.78, 5) is 26.5. The maximum atomic E-state index is 12.8. The van der Waals surface area contributed by atoms with Gasteiger partial charge in [0, 0.05) is 5.69 Å². The van der Waals surface area contributed by atoms with Crippen LogP contribution in [0.4, 0.5) is 11.4 Å². The lowest BCUT2D eigenvalue weighted by atomic mass is 10.2. The van der Waals surface area contributed by atoms with Crippen molar-refractivity contribution in [2.45, 2.75) is 13.8 Å². The van der Waals surface area contributed by atoms with E-state index in [2.05, 4.69) is 5.32 Å². The number of nitrogens with zero attached hydrogens (tertiary/aromatic N) is 1. The van der Waals surface area contributed by atoms with Gasteiger partial charge in [-0.15, -0.1) is 0 Å². The van der Waals surface area contributed by atoms with E-state index in [4.69, 9.17) is 16.3 Å². The molecule has 0 atom stereocenters. The van der Waals surface area contributed by atoms with E-state index in [1.807, 2.05) is 38.1 Å². The minimum Gasteiger partial charge on any atom is -0.492 e. The highest BCUT2D eigenvalue weighted by Crippen LogP contribution is 2.35. The standard InChI is InChI=1S/C19H17ClN2O3/c1-3-25-15-11-7-6-10-14(15)22-18(23)16(20)17(19(22)24)21-13-9-5-4-8-12(13)2/h4-11,21H,3H2,1-2H3. The van der Waals surface area contributed by atoms with E-state index >= 15 is 0 Å². The third-order valence-electron chi connectivity index (χ3n) is 3.84. The summed E-state index contributed by atoms with van der Waals surface area (Å²) in [5.41, 5.74) is 2.09. The number of hydrogen-bond donors (Lipinski definition) is 1. The molecule has 2 aromatic rings. The molecule has 2 aromatic carbocycles. The molecule has 2 amide bonds. The first kappa shape index (κ1) is 17.0. The second-order valence-corrected chi connectivity index (χ2v) is 5.85. The maximum absolute atomic E-state index is 12.8. The Bertz CT molecular complexity index is 876. The van der Waals surface area contributed by atoms with Crippen LogP contribution in [-0.4, -0.2) is 18.4 Å². The van der Waals surface area contributed by atoms with Gasteiger partial charge in [-0.2, -0.15) is 0 Å². The van der Waals surface area contributed by atoms with E-state index in [1.165, 1.54) is 0 Å². The number of imide groups is 1. The molecular weight excluding hydrogens is 340 g/mol. The summed E-state index contributed by atoms with van der Waals surface area (Å²) in [5.74, 6) is -0.631. The number of nitrogens with one attached hydrogen (secondary N) is 1. The second kappa shape index (κ2) is 6.99. The lowest BCUT2D eigenvalue weighted by molar-refractivity contribution is -0.120. The molecule has 5 nitrogen and oxygen atoms in total. The van der Waals surface area contributed by atoms with Crippen LogP contribution < -0.4 is 15.0 Å². The number of para-hydroxylation sites is 3. The number of aryl methyl sites for hydroxylation is 1. The van der Waals surface area contributed by atoms with E-state index in [-0.39, 0.29) is 10.7 Å². The summed E-state index contributed by atoms with van der Waals surface area (Å²) in [5, 5.41) is 2.85. The van der Waals surface area contributed by atoms with Crippen molar-refractivity contribution in [3.05, 3.63) is 64.8 Å². The van der Waals surface area contributed by atoms with Crippen LogP contribution in [0.1, 0.15) is 12.5 Å². The smallest absolute Gasteiger partial charge is 0.283 e. The zero-order valence-electron chi connectivity index (χ0n) is 13.9. The Morgan fingerprint density at radius 3 is 2.44 bits per heavy atom. The molecule has 0 saturated heterocycles. The molecule has 0 spiro atoms. The average Bonchev–Trinajstić information content (AvgIpc) is 2.81. The Labute approximate surface area is 150 Å². The highest BCUT2D eigenvalue weighted by molar-refractivity contribution is 6.53.